The van der Waals surface area contributed by atoms with Crippen LogP contribution in [-0.2, 0) is 13.4 Å². The molecule has 0 aromatic carbocycles. The van der Waals surface area contributed by atoms with Crippen LogP contribution in [0.5, 0.6) is 0 Å². The van der Waals surface area contributed by atoms with Crippen LogP contribution in [0.2, 0.25) is 0 Å². The molecule has 0 radical (unpaired) electrons. The van der Waals surface area contributed by atoms with E-state index in [0.717, 1.165) is 0 Å². The maximum atomic E-state index is 9.39. The van der Waals surface area contributed by atoms with Gasteiger partial charge in [0.25, 0.3) is 0 Å². The molecule has 1 aromatic rings. The van der Waals surface area contributed by atoms with Crippen LogP contribution in [-0.4, -0.2) is 26.8 Å². The average Bonchev–Trinajstić information content (AvgIpc) is 2.18. The predicted octanol–water partition coefficient (Wildman–Crippen LogP) is 0.821. The molecular formula is C5H9N3O5P2+2. The van der Waals surface area contributed by atoms with E-state index in [4.69, 9.17) is 9.79 Å². The van der Waals surface area contributed by atoms with E-state index in [9.17, 15) is 9.13 Å². The number of nitrogens with zero attached hydrogens (tertiary/aromatic N) is 2. The van der Waals surface area contributed by atoms with Crippen LogP contribution in [0.1, 0.15) is 0 Å². The van der Waals surface area contributed by atoms with Crippen molar-refractivity contribution in [3.63, 3.8) is 0 Å². The third-order valence-corrected chi connectivity index (χ3v) is 2.05. The van der Waals surface area contributed by atoms with Crippen molar-refractivity contribution in [3.05, 3.63) is 18.5 Å². The van der Waals surface area contributed by atoms with Crippen molar-refractivity contribution in [1.29, 1.82) is 0 Å². The molecule has 0 bridgehead atoms. The highest BCUT2D eigenvalue weighted by molar-refractivity contribution is 7.46. The first-order chi connectivity index (χ1) is 7.06. The van der Waals surface area contributed by atoms with Gasteiger partial charge in [-0.15, -0.1) is 9.79 Å². The van der Waals surface area contributed by atoms with Gasteiger partial charge in [-0.05, 0) is 6.07 Å². The Morgan fingerprint density at radius 2 is 1.73 bits per heavy atom. The van der Waals surface area contributed by atoms with Crippen molar-refractivity contribution in [2.45, 2.75) is 0 Å². The maximum Gasteiger partial charge on any atom is 0.745 e. The molecule has 0 saturated heterocycles. The van der Waals surface area contributed by atoms with Crippen molar-refractivity contribution >= 4 is 22.5 Å². The second kappa shape index (κ2) is 8.28. The minimum absolute atomic E-state index is 0.660. The highest BCUT2D eigenvalue weighted by atomic mass is 31.2. The largest absolute Gasteiger partial charge is 0.745 e. The topological polar surface area (TPSA) is 122 Å². The fourth-order valence-electron chi connectivity index (χ4n) is 0.488. The second-order valence-corrected chi connectivity index (χ2v) is 3.48. The first-order valence-corrected chi connectivity index (χ1v) is 5.77. The highest BCUT2D eigenvalue weighted by Gasteiger charge is 2.31. The Hall–Kier alpha value is -1.04. The van der Waals surface area contributed by atoms with Crippen LogP contribution in [0.3, 0.4) is 0 Å². The molecule has 2 unspecified atom stereocenters. The molecule has 0 aliphatic carbocycles. The molecule has 1 aromatic heterocycles. The number of hydrogen-bond donors (Lipinski definition) is 3. The molecule has 0 aliphatic rings. The van der Waals surface area contributed by atoms with E-state index in [1.54, 1.807) is 25.5 Å². The highest BCUT2D eigenvalue weighted by Crippen LogP contribution is 2.30. The Morgan fingerprint density at radius 3 is 1.93 bits per heavy atom. The maximum absolute atomic E-state index is 9.39. The molecule has 0 fully saturated rings. The van der Waals surface area contributed by atoms with Gasteiger partial charge in [-0.1, -0.05) is 0 Å². The molecule has 15 heavy (non-hydrogen) atoms. The van der Waals surface area contributed by atoms with E-state index in [2.05, 4.69) is 19.6 Å². The second-order valence-electron chi connectivity index (χ2n) is 1.88. The van der Waals surface area contributed by atoms with Gasteiger partial charge in [0.05, 0.1) is 0 Å². The van der Waals surface area contributed by atoms with E-state index in [0.29, 0.717) is 5.95 Å². The number of hydrogen-bond acceptors (Lipinski definition) is 6. The summed E-state index contributed by atoms with van der Waals surface area (Å²) in [7, 11) is -4.06. The van der Waals surface area contributed by atoms with Gasteiger partial charge in [-0.25, -0.2) is 9.97 Å². The lowest BCUT2D eigenvalue weighted by Gasteiger charge is -1.91. The molecule has 0 spiro atoms. The normalized spacial score (nSPS) is 10.9. The van der Waals surface area contributed by atoms with E-state index in [-0.39, 0.29) is 0 Å². The lowest BCUT2D eigenvalue weighted by molar-refractivity contribution is 0.371. The van der Waals surface area contributed by atoms with Crippen molar-refractivity contribution < 1.29 is 23.2 Å². The molecule has 8 nitrogen and oxygen atoms in total. The summed E-state index contributed by atoms with van der Waals surface area (Å²) in [6.07, 6.45) is 3.39. The molecular weight excluding hydrogens is 244 g/mol. The summed E-state index contributed by atoms with van der Waals surface area (Å²) in [5.74, 6) is 0.660. The van der Waals surface area contributed by atoms with Crippen molar-refractivity contribution in [2.24, 2.45) is 0 Å². The van der Waals surface area contributed by atoms with Gasteiger partial charge < -0.3 is 5.32 Å². The van der Waals surface area contributed by atoms with Crippen molar-refractivity contribution in [3.8, 4) is 0 Å². The fraction of sp³-hybridized carbons (Fsp3) is 0.200. The van der Waals surface area contributed by atoms with Gasteiger partial charge in [0, 0.05) is 28.6 Å². The number of aromatic nitrogens is 2. The number of anilines is 1. The molecule has 1 rings (SSSR count). The van der Waals surface area contributed by atoms with Crippen LogP contribution < -0.4 is 5.32 Å². The Kier molecular flexibility index (Phi) is 7.71. The Balaban J connectivity index is 0.000000265. The summed E-state index contributed by atoms with van der Waals surface area (Å²) < 4.78 is 22.2. The summed E-state index contributed by atoms with van der Waals surface area (Å²) in [4.78, 5) is 23.1. The Labute approximate surface area is 87.2 Å². The zero-order valence-electron chi connectivity index (χ0n) is 7.64. The van der Waals surface area contributed by atoms with Crippen molar-refractivity contribution in [2.75, 3.05) is 12.4 Å². The minimum Gasteiger partial charge on any atom is -0.357 e. The summed E-state index contributed by atoms with van der Waals surface area (Å²) >= 11 is 0. The van der Waals surface area contributed by atoms with Crippen molar-refractivity contribution in [1.82, 2.24) is 9.97 Å². The Morgan fingerprint density at radius 1 is 1.27 bits per heavy atom. The summed E-state index contributed by atoms with van der Waals surface area (Å²) in [6, 6.07) is 1.78. The molecule has 3 N–H and O–H groups in total. The SMILES string of the molecule is CNc1ncccn1.O=[P+](O)O[P+](=O)O. The Bertz CT molecular complexity index is 310. The van der Waals surface area contributed by atoms with Crippen LogP contribution in [0.25, 0.3) is 0 Å². The zero-order valence-corrected chi connectivity index (χ0v) is 9.43. The smallest absolute Gasteiger partial charge is 0.357 e. The quantitative estimate of drug-likeness (QED) is 0.676. The third-order valence-electron chi connectivity index (χ3n) is 0.929. The fourth-order valence-corrected chi connectivity index (χ4v) is 0.966. The van der Waals surface area contributed by atoms with Crippen LogP contribution in [0, 0.1) is 0 Å². The third kappa shape index (κ3) is 9.27. The monoisotopic (exact) mass is 253 g/mol. The summed E-state index contributed by atoms with van der Waals surface area (Å²) in [5.41, 5.74) is 0. The van der Waals surface area contributed by atoms with Gasteiger partial charge in [0.15, 0.2) is 4.31 Å². The molecule has 1 heterocycles. The molecule has 0 saturated carbocycles. The first kappa shape index (κ1) is 14.0. The summed E-state index contributed by atoms with van der Waals surface area (Å²) in [6.45, 7) is 0. The van der Waals surface area contributed by atoms with Crippen LogP contribution in [0.4, 0.5) is 5.95 Å². The van der Waals surface area contributed by atoms with Gasteiger partial charge in [0.1, 0.15) is 0 Å². The number of nitrogens with one attached hydrogen (secondary N) is 1. The van der Waals surface area contributed by atoms with E-state index in [1.807, 2.05) is 0 Å². The number of rotatable bonds is 3. The van der Waals surface area contributed by atoms with Crippen LogP contribution in [0.15, 0.2) is 18.5 Å². The zero-order chi connectivity index (χ0) is 11.7. The van der Waals surface area contributed by atoms with Gasteiger partial charge in [-0.2, -0.15) is 0 Å². The average molecular weight is 253 g/mol. The molecule has 2 atom stereocenters. The predicted molar refractivity (Wildman–Crippen MR) is 52.3 cm³/mol. The first-order valence-electron chi connectivity index (χ1n) is 3.51. The van der Waals surface area contributed by atoms with E-state index < -0.39 is 16.5 Å². The van der Waals surface area contributed by atoms with E-state index in [1.165, 1.54) is 0 Å². The standard InChI is InChI=1S/C5H7N3.O5P2/c1-6-5-7-3-2-4-8-5;1-6(2)5-7(3)4/h2-4H,1H3,(H,6,7,8);/p+2. The molecule has 0 amide bonds. The lowest BCUT2D eigenvalue weighted by atomic mass is 10.7. The van der Waals surface area contributed by atoms with E-state index >= 15 is 0 Å². The minimum atomic E-state index is -2.92. The van der Waals surface area contributed by atoms with Gasteiger partial charge >= 0.3 is 16.5 Å². The summed E-state index contributed by atoms with van der Waals surface area (Å²) in [5, 5.41) is 2.80. The molecule has 0 aliphatic heterocycles. The van der Waals surface area contributed by atoms with Gasteiger partial charge in [-0.3, -0.25) is 0 Å². The molecule has 82 valence electrons. The van der Waals surface area contributed by atoms with Gasteiger partial charge in [0.2, 0.25) is 5.95 Å². The molecule has 10 heteroatoms. The lowest BCUT2D eigenvalue weighted by Crippen LogP contribution is -1.92. The van der Waals surface area contributed by atoms with Crippen LogP contribution >= 0.6 is 16.5 Å².